The molecule has 1 heterocycles. The summed E-state index contributed by atoms with van der Waals surface area (Å²) >= 11 is 0. The number of aromatic nitrogens is 2. The third kappa shape index (κ3) is 5.98. The van der Waals surface area contributed by atoms with E-state index in [4.69, 9.17) is 9.72 Å². The van der Waals surface area contributed by atoms with Crippen molar-refractivity contribution in [3.05, 3.63) is 173 Å². The largest absolute Gasteiger partial charge is 0.463 e. The standard InChI is InChI=1S/C43H43N3O4/c1-6-50-41(48)43(49,38-25-24-32-26-34(23-22-33(32)27-38)40(47)46(30(2)3)31(4)5)39-28-45(29-44-39)42(35-16-10-7-11-17-35,36-18-12-8-13-19-36)37-20-14-9-15-21-37/h7-31,49H,6H2,1-5H3. The molecule has 0 saturated carbocycles. The van der Waals surface area contributed by atoms with Crippen LogP contribution in [0.1, 0.15) is 72.9 Å². The fraction of sp³-hybridized carbons (Fsp3) is 0.233. The molecule has 6 rings (SSSR count). The summed E-state index contributed by atoms with van der Waals surface area (Å²) in [6.45, 7) is 9.81. The van der Waals surface area contributed by atoms with E-state index in [-0.39, 0.29) is 30.3 Å². The quantitative estimate of drug-likeness (QED) is 0.112. The molecule has 0 saturated heterocycles. The molecule has 0 bridgehead atoms. The first-order valence-corrected chi connectivity index (χ1v) is 17.1. The van der Waals surface area contributed by atoms with Gasteiger partial charge >= 0.3 is 5.97 Å². The fourth-order valence-electron chi connectivity index (χ4n) is 7.10. The second-order valence-electron chi connectivity index (χ2n) is 13.1. The van der Waals surface area contributed by atoms with E-state index >= 15 is 0 Å². The number of esters is 1. The average Bonchev–Trinajstić information content (AvgIpc) is 3.63. The molecule has 1 aromatic heterocycles. The van der Waals surface area contributed by atoms with Crippen molar-refractivity contribution in [3.63, 3.8) is 0 Å². The lowest BCUT2D eigenvalue weighted by atomic mass is 9.76. The number of aliphatic hydroxyl groups is 1. The number of hydrogen-bond donors (Lipinski definition) is 1. The van der Waals surface area contributed by atoms with Gasteiger partial charge in [0, 0.05) is 29.4 Å². The predicted octanol–water partition coefficient (Wildman–Crippen LogP) is 7.93. The highest BCUT2D eigenvalue weighted by atomic mass is 16.5. The van der Waals surface area contributed by atoms with Gasteiger partial charge in [0.15, 0.2) is 0 Å². The summed E-state index contributed by atoms with van der Waals surface area (Å²) in [5, 5.41) is 14.1. The van der Waals surface area contributed by atoms with E-state index in [0.717, 1.165) is 27.5 Å². The van der Waals surface area contributed by atoms with Crippen LogP contribution in [0.25, 0.3) is 10.8 Å². The molecular formula is C43H43N3O4. The number of hydrogen-bond acceptors (Lipinski definition) is 5. The number of ether oxygens (including phenoxy) is 1. The highest BCUT2D eigenvalue weighted by Crippen LogP contribution is 2.42. The molecule has 6 aromatic rings. The number of carbonyl (C=O) groups excluding carboxylic acids is 2. The lowest BCUT2D eigenvalue weighted by molar-refractivity contribution is -0.162. The van der Waals surface area contributed by atoms with E-state index in [1.807, 2.05) is 110 Å². The van der Waals surface area contributed by atoms with Crippen LogP contribution in [0.2, 0.25) is 0 Å². The van der Waals surface area contributed by atoms with Crippen molar-refractivity contribution in [2.45, 2.75) is 57.8 Å². The van der Waals surface area contributed by atoms with Crippen LogP contribution >= 0.6 is 0 Å². The third-order valence-electron chi connectivity index (χ3n) is 9.34. The van der Waals surface area contributed by atoms with Crippen molar-refractivity contribution in [1.29, 1.82) is 0 Å². The third-order valence-corrected chi connectivity index (χ3v) is 9.34. The van der Waals surface area contributed by atoms with Crippen LogP contribution in [0.4, 0.5) is 0 Å². The monoisotopic (exact) mass is 665 g/mol. The molecule has 1 amide bonds. The van der Waals surface area contributed by atoms with E-state index in [2.05, 4.69) is 36.4 Å². The van der Waals surface area contributed by atoms with Gasteiger partial charge in [-0.25, -0.2) is 9.78 Å². The number of benzene rings is 5. The van der Waals surface area contributed by atoms with E-state index in [0.29, 0.717) is 11.1 Å². The van der Waals surface area contributed by atoms with Crippen LogP contribution in [0.15, 0.2) is 140 Å². The Morgan fingerprint density at radius 2 is 1.22 bits per heavy atom. The second kappa shape index (κ2) is 14.1. The first kappa shape index (κ1) is 34.3. The predicted molar refractivity (Wildman–Crippen MR) is 197 cm³/mol. The molecular weight excluding hydrogens is 622 g/mol. The molecule has 0 aliphatic rings. The van der Waals surface area contributed by atoms with Crippen molar-refractivity contribution in [2.24, 2.45) is 0 Å². The summed E-state index contributed by atoms with van der Waals surface area (Å²) in [5.74, 6) is -0.876. The lowest BCUT2D eigenvalue weighted by Gasteiger charge is -2.37. The first-order chi connectivity index (χ1) is 24.1. The van der Waals surface area contributed by atoms with E-state index in [1.165, 1.54) is 0 Å². The fourth-order valence-corrected chi connectivity index (χ4v) is 7.10. The maximum atomic E-state index is 13.8. The van der Waals surface area contributed by atoms with Gasteiger partial charge in [0.25, 0.3) is 5.91 Å². The van der Waals surface area contributed by atoms with Gasteiger partial charge in [-0.15, -0.1) is 0 Å². The molecule has 254 valence electrons. The van der Waals surface area contributed by atoms with Gasteiger partial charge in [-0.1, -0.05) is 109 Å². The van der Waals surface area contributed by atoms with Gasteiger partial charge in [0.05, 0.1) is 12.9 Å². The topological polar surface area (TPSA) is 84.7 Å². The number of imidazole rings is 1. The zero-order valence-electron chi connectivity index (χ0n) is 29.2. The maximum Gasteiger partial charge on any atom is 0.349 e. The van der Waals surface area contributed by atoms with Crippen LogP contribution in [-0.4, -0.2) is 50.1 Å². The van der Waals surface area contributed by atoms with E-state index in [9.17, 15) is 14.7 Å². The zero-order chi connectivity index (χ0) is 35.5. The molecule has 0 fully saturated rings. The molecule has 0 aliphatic heterocycles. The van der Waals surface area contributed by atoms with Crippen LogP contribution in [0.5, 0.6) is 0 Å². The van der Waals surface area contributed by atoms with Gasteiger partial charge in [0.1, 0.15) is 11.2 Å². The Balaban J connectivity index is 1.51. The number of nitrogens with zero attached hydrogens (tertiary/aromatic N) is 3. The van der Waals surface area contributed by atoms with Crippen molar-refractivity contribution >= 4 is 22.6 Å². The first-order valence-electron chi connectivity index (χ1n) is 17.1. The van der Waals surface area contributed by atoms with Gasteiger partial charge in [-0.2, -0.15) is 0 Å². The molecule has 7 heteroatoms. The number of carbonyl (C=O) groups is 2. The number of amides is 1. The Hall–Kier alpha value is -5.53. The highest BCUT2D eigenvalue weighted by molar-refractivity contribution is 5.99. The molecule has 0 spiro atoms. The van der Waals surface area contributed by atoms with Crippen molar-refractivity contribution < 1.29 is 19.4 Å². The van der Waals surface area contributed by atoms with Gasteiger partial charge in [-0.05, 0) is 80.3 Å². The summed E-state index contributed by atoms with van der Waals surface area (Å²) in [5.41, 5.74) is 0.818. The summed E-state index contributed by atoms with van der Waals surface area (Å²) < 4.78 is 7.47. The Kier molecular flexibility index (Phi) is 9.71. The van der Waals surface area contributed by atoms with E-state index in [1.54, 1.807) is 37.6 Å². The molecule has 5 aromatic carbocycles. The van der Waals surface area contributed by atoms with Crippen LogP contribution < -0.4 is 0 Å². The van der Waals surface area contributed by atoms with Crippen molar-refractivity contribution in [3.8, 4) is 0 Å². The molecule has 1 N–H and O–H groups in total. The molecule has 50 heavy (non-hydrogen) atoms. The summed E-state index contributed by atoms with van der Waals surface area (Å²) in [7, 11) is 0. The molecule has 1 unspecified atom stereocenters. The molecule has 1 atom stereocenters. The summed E-state index contributed by atoms with van der Waals surface area (Å²) in [4.78, 5) is 33.9. The molecule has 0 radical (unpaired) electrons. The zero-order valence-corrected chi connectivity index (χ0v) is 29.2. The summed E-state index contributed by atoms with van der Waals surface area (Å²) in [6, 6.07) is 41.2. The van der Waals surface area contributed by atoms with Crippen molar-refractivity contribution in [1.82, 2.24) is 14.5 Å². The minimum Gasteiger partial charge on any atom is -0.463 e. The normalized spacial score (nSPS) is 13.0. The minimum absolute atomic E-state index is 0.0457. The Bertz CT molecular complexity index is 1990. The van der Waals surface area contributed by atoms with Crippen molar-refractivity contribution in [2.75, 3.05) is 6.61 Å². The van der Waals surface area contributed by atoms with Crippen LogP contribution in [0, 0.1) is 0 Å². The van der Waals surface area contributed by atoms with Gasteiger partial charge in [0.2, 0.25) is 5.60 Å². The summed E-state index contributed by atoms with van der Waals surface area (Å²) in [6.07, 6.45) is 3.41. The Labute approximate surface area is 293 Å². The molecule has 0 aliphatic carbocycles. The van der Waals surface area contributed by atoms with Crippen LogP contribution in [0.3, 0.4) is 0 Å². The van der Waals surface area contributed by atoms with E-state index < -0.39 is 17.1 Å². The molecule has 7 nitrogen and oxygen atoms in total. The van der Waals surface area contributed by atoms with Gasteiger partial charge < -0.3 is 19.3 Å². The SMILES string of the molecule is CCOC(=O)C(O)(c1ccc2cc(C(=O)N(C(C)C)C(C)C)ccc2c1)c1cn(C(c2ccccc2)(c2ccccc2)c2ccccc2)cn1. The van der Waals surface area contributed by atoms with Crippen LogP contribution in [-0.2, 0) is 20.7 Å². The highest BCUT2D eigenvalue weighted by Gasteiger charge is 2.46. The number of fused-ring (bicyclic) bond motifs is 1. The lowest BCUT2D eigenvalue weighted by Crippen LogP contribution is -2.42. The minimum atomic E-state index is -2.23. The smallest absolute Gasteiger partial charge is 0.349 e. The second-order valence-corrected chi connectivity index (χ2v) is 13.1. The Morgan fingerprint density at radius 3 is 1.72 bits per heavy atom. The number of rotatable bonds is 11. The maximum absolute atomic E-state index is 13.8. The average molecular weight is 666 g/mol. The van der Waals surface area contributed by atoms with Gasteiger partial charge in [-0.3, -0.25) is 4.79 Å². The Morgan fingerprint density at radius 1 is 0.720 bits per heavy atom.